The molecular weight excluding hydrogens is 224 g/mol. The number of hydrogen-bond acceptors (Lipinski definition) is 1. The minimum absolute atomic E-state index is 0.494. The van der Waals surface area contributed by atoms with Crippen LogP contribution in [0.2, 0.25) is 0 Å². The van der Waals surface area contributed by atoms with Crippen LogP contribution in [0.3, 0.4) is 0 Å². The lowest BCUT2D eigenvalue weighted by Gasteiger charge is -2.12. The summed E-state index contributed by atoms with van der Waals surface area (Å²) in [4.78, 5) is 1.36. The molecular formula is C13H17ClS. The Bertz CT molecular complexity index is 334. The van der Waals surface area contributed by atoms with Crippen molar-refractivity contribution in [2.45, 2.75) is 32.4 Å². The van der Waals surface area contributed by atoms with Gasteiger partial charge in [0.05, 0.1) is 0 Å². The van der Waals surface area contributed by atoms with E-state index in [0.717, 1.165) is 11.5 Å². The number of halogens is 1. The Hall–Kier alpha value is -0.400. The second-order valence-electron chi connectivity index (χ2n) is 3.52. The second kappa shape index (κ2) is 6.24. The second-order valence-corrected chi connectivity index (χ2v) is 5.54. The molecule has 0 aromatic rings. The lowest BCUT2D eigenvalue weighted by Crippen LogP contribution is -1.98. The highest BCUT2D eigenvalue weighted by atomic mass is 35.5. The topological polar surface area (TPSA) is 0 Å². The number of hydrogen-bond donors (Lipinski definition) is 0. The summed E-state index contributed by atoms with van der Waals surface area (Å²) in [7, 11) is 0. The van der Waals surface area contributed by atoms with Crippen LogP contribution in [0.15, 0.2) is 45.9 Å². The highest BCUT2D eigenvalue weighted by molar-refractivity contribution is 8.03. The SMILES string of the molecule is C/C=C(/C)SC(C)C1=CCC=C(Cl)C=C1. The molecule has 0 heterocycles. The van der Waals surface area contributed by atoms with E-state index < -0.39 is 0 Å². The molecule has 0 radical (unpaired) electrons. The summed E-state index contributed by atoms with van der Waals surface area (Å²) in [6.45, 7) is 6.45. The Morgan fingerprint density at radius 3 is 2.87 bits per heavy atom. The minimum atomic E-state index is 0.494. The van der Waals surface area contributed by atoms with E-state index in [2.05, 4.69) is 39.0 Å². The van der Waals surface area contributed by atoms with Gasteiger partial charge in [-0.25, -0.2) is 0 Å². The number of allylic oxidation sites excluding steroid dienone is 7. The number of rotatable bonds is 3. The molecule has 1 aliphatic carbocycles. The van der Waals surface area contributed by atoms with Gasteiger partial charge in [0.25, 0.3) is 0 Å². The molecule has 15 heavy (non-hydrogen) atoms. The third-order valence-corrected chi connectivity index (χ3v) is 3.85. The summed E-state index contributed by atoms with van der Waals surface area (Å²) in [6.07, 6.45) is 11.4. The molecule has 1 aliphatic rings. The molecule has 0 bridgehead atoms. The molecule has 82 valence electrons. The molecule has 0 saturated carbocycles. The molecule has 0 fully saturated rings. The highest BCUT2D eigenvalue weighted by Crippen LogP contribution is 2.28. The monoisotopic (exact) mass is 240 g/mol. The van der Waals surface area contributed by atoms with Gasteiger partial charge in [0, 0.05) is 10.3 Å². The molecule has 1 atom stereocenters. The Labute approximate surface area is 102 Å². The summed E-state index contributed by atoms with van der Waals surface area (Å²) in [5.74, 6) is 0. The van der Waals surface area contributed by atoms with Crippen molar-refractivity contribution in [1.82, 2.24) is 0 Å². The Balaban J connectivity index is 2.65. The van der Waals surface area contributed by atoms with Crippen molar-refractivity contribution in [1.29, 1.82) is 0 Å². The number of thioether (sulfide) groups is 1. The molecule has 0 aromatic heterocycles. The van der Waals surface area contributed by atoms with Crippen molar-refractivity contribution in [3.8, 4) is 0 Å². The molecule has 0 aromatic carbocycles. The molecule has 0 aliphatic heterocycles. The molecule has 0 saturated heterocycles. The maximum absolute atomic E-state index is 5.95. The maximum atomic E-state index is 5.95. The molecule has 0 amide bonds. The van der Waals surface area contributed by atoms with Crippen LogP contribution in [-0.2, 0) is 0 Å². The average Bonchev–Trinajstić information content (AvgIpc) is 2.42. The smallest absolute Gasteiger partial charge is 0.0369 e. The van der Waals surface area contributed by atoms with Crippen LogP contribution in [0.4, 0.5) is 0 Å². The third kappa shape index (κ3) is 4.31. The van der Waals surface area contributed by atoms with Gasteiger partial charge in [-0.1, -0.05) is 35.9 Å². The van der Waals surface area contributed by atoms with Crippen molar-refractivity contribution in [2.24, 2.45) is 0 Å². The van der Waals surface area contributed by atoms with Crippen LogP contribution >= 0.6 is 23.4 Å². The highest BCUT2D eigenvalue weighted by Gasteiger charge is 2.08. The van der Waals surface area contributed by atoms with E-state index in [1.54, 1.807) is 0 Å². The van der Waals surface area contributed by atoms with Crippen molar-refractivity contribution in [3.63, 3.8) is 0 Å². The van der Waals surface area contributed by atoms with Gasteiger partial charge in [0.15, 0.2) is 0 Å². The van der Waals surface area contributed by atoms with Crippen LogP contribution < -0.4 is 0 Å². The first kappa shape index (κ1) is 12.7. The summed E-state index contributed by atoms with van der Waals surface area (Å²) in [6, 6.07) is 0. The summed E-state index contributed by atoms with van der Waals surface area (Å²) in [5.41, 5.74) is 1.35. The van der Waals surface area contributed by atoms with Gasteiger partial charge in [-0.15, -0.1) is 11.8 Å². The summed E-state index contributed by atoms with van der Waals surface area (Å²) < 4.78 is 0. The van der Waals surface area contributed by atoms with Crippen LogP contribution in [0.5, 0.6) is 0 Å². The molecule has 1 unspecified atom stereocenters. The molecule has 0 nitrogen and oxygen atoms in total. The fourth-order valence-corrected chi connectivity index (χ4v) is 2.49. The molecule has 0 N–H and O–H groups in total. The Morgan fingerprint density at radius 2 is 2.20 bits per heavy atom. The van der Waals surface area contributed by atoms with Crippen molar-refractivity contribution >= 4 is 23.4 Å². The average molecular weight is 241 g/mol. The van der Waals surface area contributed by atoms with Gasteiger partial charge in [-0.3, -0.25) is 0 Å². The van der Waals surface area contributed by atoms with Crippen LogP contribution in [0.1, 0.15) is 27.2 Å². The zero-order chi connectivity index (χ0) is 11.3. The summed E-state index contributed by atoms with van der Waals surface area (Å²) in [5, 5.41) is 1.33. The predicted octanol–water partition coefficient (Wildman–Crippen LogP) is 5.04. The van der Waals surface area contributed by atoms with Gasteiger partial charge < -0.3 is 0 Å². The first-order valence-electron chi connectivity index (χ1n) is 5.17. The van der Waals surface area contributed by atoms with E-state index in [9.17, 15) is 0 Å². The maximum Gasteiger partial charge on any atom is 0.0369 e. The standard InChI is InChI=1S/C13H17ClS/c1-4-10(2)15-11(3)12-6-5-7-13(14)9-8-12/h4,6-9,11H,5H2,1-3H3/b10-4-. The van der Waals surface area contributed by atoms with E-state index in [-0.39, 0.29) is 0 Å². The van der Waals surface area contributed by atoms with Crippen molar-refractivity contribution in [2.75, 3.05) is 0 Å². The fourth-order valence-electron chi connectivity index (χ4n) is 1.34. The molecule has 0 spiro atoms. The lowest BCUT2D eigenvalue weighted by molar-refractivity contribution is 1.15. The Kier molecular flexibility index (Phi) is 5.27. The zero-order valence-corrected chi connectivity index (χ0v) is 11.0. The van der Waals surface area contributed by atoms with E-state index in [1.165, 1.54) is 10.5 Å². The van der Waals surface area contributed by atoms with Crippen LogP contribution in [-0.4, -0.2) is 5.25 Å². The van der Waals surface area contributed by atoms with Crippen molar-refractivity contribution < 1.29 is 0 Å². The van der Waals surface area contributed by atoms with E-state index >= 15 is 0 Å². The normalized spacial score (nSPS) is 19.3. The van der Waals surface area contributed by atoms with E-state index in [0.29, 0.717) is 5.25 Å². The van der Waals surface area contributed by atoms with Crippen LogP contribution in [0, 0.1) is 0 Å². The lowest BCUT2D eigenvalue weighted by atomic mass is 10.1. The van der Waals surface area contributed by atoms with Gasteiger partial charge in [-0.05, 0) is 43.7 Å². The van der Waals surface area contributed by atoms with Gasteiger partial charge in [0.2, 0.25) is 0 Å². The Morgan fingerprint density at radius 1 is 1.47 bits per heavy atom. The quantitative estimate of drug-likeness (QED) is 0.666. The predicted molar refractivity (Wildman–Crippen MR) is 72.3 cm³/mol. The van der Waals surface area contributed by atoms with Gasteiger partial charge in [0.1, 0.15) is 0 Å². The fraction of sp³-hybridized carbons (Fsp3) is 0.385. The first-order valence-corrected chi connectivity index (χ1v) is 6.42. The summed E-state index contributed by atoms with van der Waals surface area (Å²) >= 11 is 7.84. The molecule has 2 heteroatoms. The van der Waals surface area contributed by atoms with Gasteiger partial charge in [-0.2, -0.15) is 0 Å². The van der Waals surface area contributed by atoms with Crippen LogP contribution in [0.25, 0.3) is 0 Å². The largest absolute Gasteiger partial charge is 0.123 e. The zero-order valence-electron chi connectivity index (χ0n) is 9.46. The van der Waals surface area contributed by atoms with E-state index in [4.69, 9.17) is 11.6 Å². The van der Waals surface area contributed by atoms with Gasteiger partial charge >= 0.3 is 0 Å². The molecule has 1 rings (SSSR count). The van der Waals surface area contributed by atoms with Crippen molar-refractivity contribution in [3.05, 3.63) is 45.9 Å². The van der Waals surface area contributed by atoms with E-state index in [1.807, 2.05) is 23.9 Å². The minimum Gasteiger partial charge on any atom is -0.123 e. The third-order valence-electron chi connectivity index (χ3n) is 2.34. The first-order chi connectivity index (χ1) is 7.13.